The van der Waals surface area contributed by atoms with Crippen LogP contribution in [0.25, 0.3) is 0 Å². The summed E-state index contributed by atoms with van der Waals surface area (Å²) in [6, 6.07) is 4.41. The van der Waals surface area contributed by atoms with E-state index >= 15 is 0 Å². The van der Waals surface area contributed by atoms with Crippen molar-refractivity contribution < 1.29 is 14.6 Å². The third kappa shape index (κ3) is 12.0. The smallest absolute Gasteiger partial charge is 0.316 e. The van der Waals surface area contributed by atoms with Crippen LogP contribution in [-0.4, -0.2) is 24.8 Å². The highest BCUT2D eigenvalue weighted by atomic mass is 16.5. The topological polar surface area (TPSA) is 111 Å². The Morgan fingerprint density at radius 1 is 1.23 bits per heavy atom. The quantitative estimate of drug-likeness (QED) is 0.669. The molecule has 0 aliphatic heterocycles. The fourth-order valence-corrected chi connectivity index (χ4v) is 1.24. The van der Waals surface area contributed by atoms with E-state index in [9.17, 15) is 4.79 Å². The van der Waals surface area contributed by atoms with Crippen molar-refractivity contribution in [1.29, 1.82) is 0 Å². The SMILES string of the molecule is CC.CC.CCCOc1ccc(CO)cc1NC(N)=O.CN. The zero-order valence-corrected chi connectivity index (χ0v) is 14.8. The minimum atomic E-state index is -0.656. The molecule has 130 valence electrons. The molecule has 1 aromatic rings. The van der Waals surface area contributed by atoms with Crippen LogP contribution in [0.4, 0.5) is 10.5 Å². The zero-order valence-electron chi connectivity index (χ0n) is 14.8. The molecule has 0 atom stereocenters. The molecule has 0 aliphatic carbocycles. The van der Waals surface area contributed by atoms with E-state index in [0.717, 1.165) is 6.42 Å². The second-order valence-electron chi connectivity index (χ2n) is 3.33. The molecule has 6 N–H and O–H groups in total. The van der Waals surface area contributed by atoms with Crippen molar-refractivity contribution >= 4 is 11.7 Å². The van der Waals surface area contributed by atoms with Crippen LogP contribution in [0.1, 0.15) is 46.6 Å². The van der Waals surface area contributed by atoms with Crippen LogP contribution in [-0.2, 0) is 6.61 Å². The van der Waals surface area contributed by atoms with E-state index in [0.29, 0.717) is 23.6 Å². The standard InChI is InChI=1S/C11H16N2O3.2C2H6.CH5N/c1-2-5-16-10-4-3-8(7-14)6-9(10)13-11(12)15;3*1-2/h3-4,6,14H,2,5,7H2,1H3,(H3,12,13,15);2*1-2H3;2H2,1H3. The van der Waals surface area contributed by atoms with Crippen LogP contribution < -0.4 is 21.5 Å². The molecular formula is C16H33N3O3. The summed E-state index contributed by atoms with van der Waals surface area (Å²) >= 11 is 0. The Labute approximate surface area is 134 Å². The number of aliphatic hydroxyl groups is 1. The van der Waals surface area contributed by atoms with E-state index in [-0.39, 0.29) is 6.61 Å². The van der Waals surface area contributed by atoms with Gasteiger partial charge in [-0.05, 0) is 31.2 Å². The van der Waals surface area contributed by atoms with Gasteiger partial charge in [0.1, 0.15) is 5.75 Å². The highest BCUT2D eigenvalue weighted by Gasteiger charge is 2.06. The second kappa shape index (κ2) is 19.2. The minimum Gasteiger partial charge on any atom is -0.491 e. The molecule has 0 saturated carbocycles. The molecule has 22 heavy (non-hydrogen) atoms. The highest BCUT2D eigenvalue weighted by Crippen LogP contribution is 2.25. The maximum absolute atomic E-state index is 10.8. The molecule has 0 unspecified atom stereocenters. The maximum Gasteiger partial charge on any atom is 0.316 e. The van der Waals surface area contributed by atoms with Gasteiger partial charge in [-0.25, -0.2) is 4.79 Å². The number of urea groups is 1. The van der Waals surface area contributed by atoms with E-state index in [2.05, 4.69) is 11.1 Å². The van der Waals surface area contributed by atoms with Gasteiger partial charge in [0.05, 0.1) is 18.9 Å². The number of nitrogens with two attached hydrogens (primary N) is 2. The summed E-state index contributed by atoms with van der Waals surface area (Å²) in [4.78, 5) is 10.8. The predicted octanol–water partition coefficient (Wildman–Crippen LogP) is 3.09. The van der Waals surface area contributed by atoms with Gasteiger partial charge in [0.2, 0.25) is 0 Å². The first-order valence-electron chi connectivity index (χ1n) is 7.68. The second-order valence-corrected chi connectivity index (χ2v) is 3.33. The lowest BCUT2D eigenvalue weighted by Gasteiger charge is -2.12. The van der Waals surface area contributed by atoms with E-state index in [1.165, 1.54) is 7.05 Å². The number of aliphatic hydroxyl groups excluding tert-OH is 1. The number of carbonyl (C=O) groups is 1. The largest absolute Gasteiger partial charge is 0.491 e. The van der Waals surface area contributed by atoms with Gasteiger partial charge in [-0.2, -0.15) is 0 Å². The summed E-state index contributed by atoms with van der Waals surface area (Å²) in [7, 11) is 1.50. The third-order valence-corrected chi connectivity index (χ3v) is 1.95. The lowest BCUT2D eigenvalue weighted by atomic mass is 10.2. The van der Waals surface area contributed by atoms with Gasteiger partial charge in [-0.15, -0.1) is 0 Å². The van der Waals surface area contributed by atoms with Crippen molar-refractivity contribution in [3.63, 3.8) is 0 Å². The minimum absolute atomic E-state index is 0.0957. The van der Waals surface area contributed by atoms with Crippen molar-refractivity contribution in [2.45, 2.75) is 47.6 Å². The Morgan fingerprint density at radius 2 is 1.77 bits per heavy atom. The molecule has 0 heterocycles. The molecule has 0 bridgehead atoms. The van der Waals surface area contributed by atoms with Crippen LogP contribution in [0, 0.1) is 0 Å². The maximum atomic E-state index is 10.8. The van der Waals surface area contributed by atoms with Crippen LogP contribution in [0.3, 0.4) is 0 Å². The number of carbonyl (C=O) groups excluding carboxylic acids is 1. The molecule has 0 fully saturated rings. The number of nitrogens with one attached hydrogen (secondary N) is 1. The van der Waals surface area contributed by atoms with Gasteiger partial charge in [-0.3, -0.25) is 0 Å². The molecule has 6 nitrogen and oxygen atoms in total. The molecule has 0 aromatic heterocycles. The molecule has 0 aliphatic rings. The van der Waals surface area contributed by atoms with Gasteiger partial charge in [-0.1, -0.05) is 40.7 Å². The molecule has 6 heteroatoms. The fraction of sp³-hybridized carbons (Fsp3) is 0.562. The molecular weight excluding hydrogens is 282 g/mol. The van der Waals surface area contributed by atoms with E-state index in [1.807, 2.05) is 34.6 Å². The van der Waals surface area contributed by atoms with Crippen LogP contribution in [0.5, 0.6) is 5.75 Å². The van der Waals surface area contributed by atoms with Gasteiger partial charge in [0.15, 0.2) is 0 Å². The molecule has 0 saturated heterocycles. The number of anilines is 1. The highest BCUT2D eigenvalue weighted by molar-refractivity contribution is 5.89. The number of rotatable bonds is 5. The fourth-order valence-electron chi connectivity index (χ4n) is 1.24. The van der Waals surface area contributed by atoms with Crippen LogP contribution in [0.2, 0.25) is 0 Å². The lowest BCUT2D eigenvalue weighted by molar-refractivity contribution is 0.259. The Kier molecular flexibility index (Phi) is 22.0. The van der Waals surface area contributed by atoms with Crippen LogP contribution >= 0.6 is 0 Å². The average Bonchev–Trinajstić information content (AvgIpc) is 2.58. The first-order valence-corrected chi connectivity index (χ1v) is 7.68. The Morgan fingerprint density at radius 3 is 2.18 bits per heavy atom. The molecule has 2 amide bonds. The number of amides is 2. The summed E-state index contributed by atoms with van der Waals surface area (Å²) in [5.74, 6) is 0.554. The number of hydrogen-bond acceptors (Lipinski definition) is 4. The van der Waals surface area contributed by atoms with Crippen molar-refractivity contribution in [2.75, 3.05) is 19.0 Å². The Balaban J connectivity index is -0.000000535. The van der Waals surface area contributed by atoms with Gasteiger partial charge >= 0.3 is 6.03 Å². The van der Waals surface area contributed by atoms with Crippen molar-refractivity contribution in [2.24, 2.45) is 11.5 Å². The third-order valence-electron chi connectivity index (χ3n) is 1.95. The van der Waals surface area contributed by atoms with Crippen LogP contribution in [0.15, 0.2) is 18.2 Å². The van der Waals surface area contributed by atoms with E-state index in [1.54, 1.807) is 18.2 Å². The first kappa shape index (κ1) is 25.2. The number of primary amides is 1. The van der Waals surface area contributed by atoms with Crippen molar-refractivity contribution in [1.82, 2.24) is 0 Å². The number of hydrogen-bond donors (Lipinski definition) is 4. The molecule has 0 radical (unpaired) electrons. The van der Waals surface area contributed by atoms with Crippen molar-refractivity contribution in [3.8, 4) is 5.75 Å². The summed E-state index contributed by atoms with van der Waals surface area (Å²) in [5.41, 5.74) is 10.7. The Hall–Kier alpha value is -1.79. The van der Waals surface area contributed by atoms with E-state index < -0.39 is 6.03 Å². The van der Waals surface area contributed by atoms with Crippen molar-refractivity contribution in [3.05, 3.63) is 23.8 Å². The lowest BCUT2D eigenvalue weighted by Crippen LogP contribution is -2.20. The summed E-state index contributed by atoms with van der Waals surface area (Å²) in [5, 5.41) is 11.4. The van der Waals surface area contributed by atoms with Gasteiger partial charge in [0, 0.05) is 0 Å². The van der Waals surface area contributed by atoms with E-state index in [4.69, 9.17) is 15.6 Å². The summed E-state index contributed by atoms with van der Waals surface area (Å²) < 4.78 is 5.43. The zero-order chi connectivity index (χ0) is 18.0. The predicted molar refractivity (Wildman–Crippen MR) is 94.2 cm³/mol. The molecule has 1 aromatic carbocycles. The number of benzene rings is 1. The average molecular weight is 315 g/mol. The summed E-state index contributed by atoms with van der Waals surface area (Å²) in [6.45, 7) is 10.5. The van der Waals surface area contributed by atoms with Gasteiger partial charge in [0.25, 0.3) is 0 Å². The molecule has 1 rings (SSSR count). The number of ether oxygens (including phenoxy) is 1. The normalized spacial score (nSPS) is 8.00. The summed E-state index contributed by atoms with van der Waals surface area (Å²) in [6.07, 6.45) is 0.873. The van der Waals surface area contributed by atoms with Gasteiger partial charge < -0.3 is 26.6 Å². The Bertz CT molecular complexity index is 372. The monoisotopic (exact) mass is 315 g/mol. The first-order chi connectivity index (χ1) is 10.7. The molecule has 0 spiro atoms.